The highest BCUT2D eigenvalue weighted by molar-refractivity contribution is 5.84. The van der Waals surface area contributed by atoms with Crippen molar-refractivity contribution in [2.24, 2.45) is 34.5 Å². The van der Waals surface area contributed by atoms with Gasteiger partial charge in [-0.05, 0) is 35.5 Å². The maximum absolute atomic E-state index is 11.5. The van der Waals surface area contributed by atoms with Crippen molar-refractivity contribution in [3.63, 3.8) is 0 Å². The Morgan fingerprint density at radius 3 is 1.39 bits per heavy atom. The van der Waals surface area contributed by atoms with Crippen molar-refractivity contribution in [3.05, 3.63) is 0 Å². The minimum absolute atomic E-state index is 0.129. The van der Waals surface area contributed by atoms with E-state index < -0.39 is 0 Å². The van der Waals surface area contributed by atoms with Crippen molar-refractivity contribution < 1.29 is 14.4 Å². The molecule has 0 aliphatic rings. The van der Waals surface area contributed by atoms with Gasteiger partial charge >= 0.3 is 0 Å². The molecule has 4 nitrogen and oxygen atoms in total. The molecule has 0 bridgehead atoms. The minimum Gasteiger partial charge on any atom is -0.356 e. The van der Waals surface area contributed by atoms with Crippen LogP contribution in [-0.4, -0.2) is 24.0 Å². The molecule has 0 rings (SSSR count). The van der Waals surface area contributed by atoms with Crippen molar-refractivity contribution in [1.82, 2.24) is 5.32 Å². The summed E-state index contributed by atoms with van der Waals surface area (Å²) < 4.78 is 0. The van der Waals surface area contributed by atoms with Crippen LogP contribution in [0.3, 0.4) is 0 Å². The van der Waals surface area contributed by atoms with Crippen LogP contribution in [0.25, 0.3) is 0 Å². The Morgan fingerprint density at radius 2 is 1.12 bits per heavy atom. The second kappa shape index (κ2) is 18.2. The lowest BCUT2D eigenvalue weighted by Crippen LogP contribution is -2.28. The zero-order valence-corrected chi connectivity index (χ0v) is 24.8. The summed E-state index contributed by atoms with van der Waals surface area (Å²) in [6, 6.07) is 0. The molecule has 0 aliphatic heterocycles. The molecule has 0 aromatic carbocycles. The molecule has 0 aliphatic carbocycles. The standard InChI is InChI=1S/2C10H20O.C9H19NO/c1-9(2,3)7-8(11)10(4,5)6;1-8(2)5-6-10(11)7-9(3)4;1-7(2)5-9(11)10-6-8(3)4/h7H2,1-6H3;8-9H,5-7H2,1-4H3;7-8H,5-6H2,1-4H3,(H,10,11). The molecule has 0 aromatic heterocycles. The lowest BCUT2D eigenvalue weighted by atomic mass is 9.80. The van der Waals surface area contributed by atoms with E-state index in [-0.39, 0.29) is 16.7 Å². The Morgan fingerprint density at radius 1 is 0.667 bits per heavy atom. The first kappa shape index (κ1) is 36.4. The Balaban J connectivity index is -0.000000409. The average molecular weight is 470 g/mol. The van der Waals surface area contributed by atoms with Crippen LogP contribution >= 0.6 is 0 Å². The van der Waals surface area contributed by atoms with E-state index in [4.69, 9.17) is 0 Å². The Kier molecular flexibility index (Phi) is 20.0. The van der Waals surface area contributed by atoms with Gasteiger partial charge in [0.05, 0.1) is 0 Å². The smallest absolute Gasteiger partial charge is 0.220 e. The lowest BCUT2D eigenvalue weighted by Gasteiger charge is -2.23. The molecule has 0 atom stereocenters. The van der Waals surface area contributed by atoms with Crippen molar-refractivity contribution >= 4 is 17.5 Å². The van der Waals surface area contributed by atoms with Crippen molar-refractivity contribution in [1.29, 1.82) is 0 Å². The van der Waals surface area contributed by atoms with Crippen LogP contribution in [0.2, 0.25) is 0 Å². The molecular formula is C29H59NO3. The number of carbonyl (C=O) groups excluding carboxylic acids is 3. The van der Waals surface area contributed by atoms with Crippen LogP contribution in [0.4, 0.5) is 0 Å². The van der Waals surface area contributed by atoms with Crippen LogP contribution in [-0.2, 0) is 14.4 Å². The third-order valence-electron chi connectivity index (χ3n) is 4.46. The summed E-state index contributed by atoms with van der Waals surface area (Å²) in [4.78, 5) is 33.7. The summed E-state index contributed by atoms with van der Waals surface area (Å²) >= 11 is 0. The molecule has 0 saturated carbocycles. The molecule has 1 amide bonds. The van der Waals surface area contributed by atoms with Gasteiger partial charge in [0, 0.05) is 37.6 Å². The summed E-state index contributed by atoms with van der Waals surface area (Å²) in [6.45, 7) is 29.8. The number of hydrogen-bond acceptors (Lipinski definition) is 3. The van der Waals surface area contributed by atoms with Gasteiger partial charge in [-0.3, -0.25) is 14.4 Å². The fourth-order valence-electron chi connectivity index (χ4n) is 2.51. The van der Waals surface area contributed by atoms with Crippen LogP contribution in [0, 0.1) is 34.5 Å². The van der Waals surface area contributed by atoms with E-state index in [1.807, 2.05) is 20.8 Å². The fraction of sp³-hybridized carbons (Fsp3) is 0.897. The first-order valence-corrected chi connectivity index (χ1v) is 13.0. The summed E-state index contributed by atoms with van der Waals surface area (Å²) in [5.74, 6) is 3.14. The predicted octanol–water partition coefficient (Wildman–Crippen LogP) is 7.88. The molecule has 0 aromatic rings. The van der Waals surface area contributed by atoms with E-state index in [2.05, 4.69) is 81.5 Å². The molecule has 0 unspecified atom stereocenters. The number of amides is 1. The number of carbonyl (C=O) groups is 3. The Hall–Kier alpha value is -1.19. The number of Topliss-reactive ketones (excluding diaryl/α,β-unsaturated/α-hetero) is 2. The third kappa shape index (κ3) is 33.1. The fourth-order valence-corrected chi connectivity index (χ4v) is 2.51. The lowest BCUT2D eigenvalue weighted by molar-refractivity contribution is -0.128. The largest absolute Gasteiger partial charge is 0.356 e. The summed E-state index contributed by atoms with van der Waals surface area (Å²) in [5.41, 5.74) is -0.0440. The monoisotopic (exact) mass is 469 g/mol. The molecule has 0 heterocycles. The Labute approximate surface area is 207 Å². The van der Waals surface area contributed by atoms with Crippen LogP contribution in [0.15, 0.2) is 0 Å². The molecule has 198 valence electrons. The van der Waals surface area contributed by atoms with Crippen LogP contribution < -0.4 is 5.32 Å². The van der Waals surface area contributed by atoms with Gasteiger partial charge in [-0.1, -0.05) is 96.9 Å². The van der Waals surface area contributed by atoms with Crippen molar-refractivity contribution in [2.45, 2.75) is 129 Å². The molecule has 0 fully saturated rings. The Bertz CT molecular complexity index is 502. The van der Waals surface area contributed by atoms with Crippen molar-refractivity contribution in [3.8, 4) is 0 Å². The SMILES string of the molecule is CC(C)(C)CC(=O)C(C)(C)C.CC(C)CCC(=O)CC(C)C.CC(C)CNC(=O)CC(C)C. The summed E-state index contributed by atoms with van der Waals surface area (Å²) in [7, 11) is 0. The van der Waals surface area contributed by atoms with Gasteiger partial charge in [0.25, 0.3) is 0 Å². The summed E-state index contributed by atoms with van der Waals surface area (Å²) in [6.07, 6.45) is 3.90. The molecule has 0 saturated heterocycles. The van der Waals surface area contributed by atoms with Gasteiger partial charge in [-0.15, -0.1) is 0 Å². The van der Waals surface area contributed by atoms with Gasteiger partial charge < -0.3 is 5.32 Å². The number of rotatable bonds is 10. The number of ketones is 2. The second-order valence-electron chi connectivity index (χ2n) is 13.3. The molecule has 0 spiro atoms. The second-order valence-corrected chi connectivity index (χ2v) is 13.3. The van der Waals surface area contributed by atoms with Crippen LogP contribution in [0.5, 0.6) is 0 Å². The highest BCUT2D eigenvalue weighted by Crippen LogP contribution is 2.26. The van der Waals surface area contributed by atoms with Crippen molar-refractivity contribution in [2.75, 3.05) is 6.54 Å². The van der Waals surface area contributed by atoms with E-state index in [0.29, 0.717) is 48.1 Å². The summed E-state index contributed by atoms with van der Waals surface area (Å²) in [5, 5.41) is 2.87. The molecule has 1 N–H and O–H groups in total. The molecule has 0 radical (unpaired) electrons. The van der Waals surface area contributed by atoms with Gasteiger partial charge in [-0.2, -0.15) is 0 Å². The molecule has 33 heavy (non-hydrogen) atoms. The predicted molar refractivity (Wildman–Crippen MR) is 144 cm³/mol. The van der Waals surface area contributed by atoms with E-state index in [0.717, 1.165) is 25.8 Å². The third-order valence-corrected chi connectivity index (χ3v) is 4.46. The zero-order chi connectivity index (χ0) is 27.0. The normalized spacial score (nSPS) is 11.7. The van der Waals surface area contributed by atoms with Gasteiger partial charge in [0.2, 0.25) is 5.91 Å². The minimum atomic E-state index is -0.173. The first-order valence-electron chi connectivity index (χ1n) is 13.0. The number of hydrogen-bond donors (Lipinski definition) is 1. The quantitative estimate of drug-likeness (QED) is 0.354. The van der Waals surface area contributed by atoms with E-state index in [1.54, 1.807) is 0 Å². The molecule has 4 heteroatoms. The van der Waals surface area contributed by atoms with Gasteiger partial charge in [0.1, 0.15) is 11.6 Å². The number of nitrogens with one attached hydrogen (secondary N) is 1. The average Bonchev–Trinajstić information content (AvgIpc) is 2.56. The van der Waals surface area contributed by atoms with Gasteiger partial charge in [-0.25, -0.2) is 0 Å². The molecular weight excluding hydrogens is 410 g/mol. The zero-order valence-electron chi connectivity index (χ0n) is 24.8. The van der Waals surface area contributed by atoms with E-state index >= 15 is 0 Å². The van der Waals surface area contributed by atoms with Crippen LogP contribution in [0.1, 0.15) is 129 Å². The highest BCUT2D eigenvalue weighted by atomic mass is 16.1. The van der Waals surface area contributed by atoms with E-state index in [9.17, 15) is 14.4 Å². The topological polar surface area (TPSA) is 63.2 Å². The van der Waals surface area contributed by atoms with E-state index in [1.165, 1.54) is 0 Å². The highest BCUT2D eigenvalue weighted by Gasteiger charge is 2.25. The maximum atomic E-state index is 11.5. The van der Waals surface area contributed by atoms with Gasteiger partial charge in [0.15, 0.2) is 0 Å². The first-order chi connectivity index (χ1) is 14.7. The maximum Gasteiger partial charge on any atom is 0.220 e.